The normalized spacial score (nSPS) is 11.6. The number of nitrogens with zero attached hydrogens (tertiary/aromatic N) is 1. The van der Waals surface area contributed by atoms with E-state index in [0.717, 1.165) is 16.7 Å². The number of anilines is 1. The lowest BCUT2D eigenvalue weighted by Gasteiger charge is -2.22. The van der Waals surface area contributed by atoms with E-state index in [-0.39, 0.29) is 22.0 Å². The number of amides is 2. The predicted molar refractivity (Wildman–Crippen MR) is 109 cm³/mol. The first kappa shape index (κ1) is 18.9. The van der Waals surface area contributed by atoms with Gasteiger partial charge in [-0.1, -0.05) is 38.4 Å². The molecule has 4 N–H and O–H groups in total. The van der Waals surface area contributed by atoms with E-state index in [1.54, 1.807) is 6.07 Å². The molecule has 2 amide bonds. The zero-order valence-electron chi connectivity index (χ0n) is 15.6. The molecule has 0 saturated heterocycles. The standard InChI is InChI=1S/C20H21ClN4O2/c1-10-7-12(20(2,3)4)13(21)8-11(10)15-9-16(26)17-14(24-15)5-6-23-18(17)25-19(22)27/h5-9H,1-4H3,(H,24,26)(H3,22,23,25,27). The van der Waals surface area contributed by atoms with Crippen LogP contribution in [-0.4, -0.2) is 16.0 Å². The third-order valence-electron chi connectivity index (χ3n) is 4.40. The summed E-state index contributed by atoms with van der Waals surface area (Å²) in [4.78, 5) is 31.1. The summed E-state index contributed by atoms with van der Waals surface area (Å²) in [5, 5.41) is 3.30. The summed E-state index contributed by atoms with van der Waals surface area (Å²) in [5.41, 5.74) is 8.88. The molecule has 0 spiro atoms. The highest BCUT2D eigenvalue weighted by molar-refractivity contribution is 6.31. The van der Waals surface area contributed by atoms with Gasteiger partial charge in [0.05, 0.1) is 16.6 Å². The van der Waals surface area contributed by atoms with Crippen LogP contribution in [0.3, 0.4) is 0 Å². The molecule has 0 bridgehead atoms. The first-order valence-corrected chi connectivity index (χ1v) is 8.85. The third kappa shape index (κ3) is 3.66. The van der Waals surface area contributed by atoms with Gasteiger partial charge in [0.15, 0.2) is 5.43 Å². The second-order valence-corrected chi connectivity index (χ2v) is 7.92. The number of rotatable bonds is 2. The fourth-order valence-corrected chi connectivity index (χ4v) is 3.55. The van der Waals surface area contributed by atoms with Gasteiger partial charge in [-0.05, 0) is 35.6 Å². The molecule has 0 aliphatic rings. The fraction of sp³-hybridized carbons (Fsp3) is 0.250. The van der Waals surface area contributed by atoms with Gasteiger partial charge in [0.1, 0.15) is 5.82 Å². The summed E-state index contributed by atoms with van der Waals surface area (Å²) >= 11 is 6.51. The van der Waals surface area contributed by atoms with E-state index >= 15 is 0 Å². The Bertz CT molecular complexity index is 1110. The van der Waals surface area contributed by atoms with Gasteiger partial charge in [-0.25, -0.2) is 9.78 Å². The summed E-state index contributed by atoms with van der Waals surface area (Å²) < 4.78 is 0. The lowest BCUT2D eigenvalue weighted by Crippen LogP contribution is -2.21. The third-order valence-corrected chi connectivity index (χ3v) is 4.71. The number of hydrogen-bond donors (Lipinski definition) is 3. The Morgan fingerprint density at radius 2 is 1.96 bits per heavy atom. The van der Waals surface area contributed by atoms with Crippen molar-refractivity contribution in [2.75, 3.05) is 5.32 Å². The maximum atomic E-state index is 12.7. The Morgan fingerprint density at radius 1 is 1.26 bits per heavy atom. The summed E-state index contributed by atoms with van der Waals surface area (Å²) in [6.45, 7) is 8.29. The number of halogens is 1. The van der Waals surface area contributed by atoms with Crippen LogP contribution in [0.2, 0.25) is 5.02 Å². The lowest BCUT2D eigenvalue weighted by molar-refractivity contribution is 0.259. The van der Waals surface area contributed by atoms with Crippen molar-refractivity contribution in [2.45, 2.75) is 33.1 Å². The highest BCUT2D eigenvalue weighted by atomic mass is 35.5. The van der Waals surface area contributed by atoms with E-state index in [2.05, 4.69) is 36.1 Å². The van der Waals surface area contributed by atoms with Gasteiger partial charge >= 0.3 is 6.03 Å². The van der Waals surface area contributed by atoms with E-state index in [1.165, 1.54) is 12.3 Å². The van der Waals surface area contributed by atoms with Crippen molar-refractivity contribution in [1.82, 2.24) is 9.97 Å². The molecule has 2 aromatic heterocycles. The molecule has 1 aromatic carbocycles. The molecular formula is C20H21ClN4O2. The van der Waals surface area contributed by atoms with Gasteiger partial charge in [0.2, 0.25) is 0 Å². The zero-order chi connectivity index (χ0) is 19.9. The second-order valence-electron chi connectivity index (χ2n) is 7.52. The van der Waals surface area contributed by atoms with Crippen LogP contribution in [0.1, 0.15) is 31.9 Å². The summed E-state index contributed by atoms with van der Waals surface area (Å²) in [5.74, 6) is 0.130. The number of pyridine rings is 2. The molecule has 2 heterocycles. The smallest absolute Gasteiger partial charge is 0.317 e. The number of carbonyl (C=O) groups excluding carboxylic acids is 1. The van der Waals surface area contributed by atoms with E-state index in [0.29, 0.717) is 16.2 Å². The number of hydrogen-bond acceptors (Lipinski definition) is 3. The fourth-order valence-electron chi connectivity index (χ4n) is 3.10. The number of nitrogens with one attached hydrogen (secondary N) is 2. The van der Waals surface area contributed by atoms with Crippen LogP contribution in [0, 0.1) is 6.92 Å². The molecule has 3 rings (SSSR count). The second kappa shape index (κ2) is 6.70. The number of aromatic nitrogens is 2. The first-order chi connectivity index (χ1) is 12.6. The molecule has 7 heteroatoms. The summed E-state index contributed by atoms with van der Waals surface area (Å²) in [6.07, 6.45) is 1.50. The number of carbonyl (C=O) groups is 1. The van der Waals surface area contributed by atoms with E-state index in [1.807, 2.05) is 19.1 Å². The van der Waals surface area contributed by atoms with Crippen LogP contribution in [0.5, 0.6) is 0 Å². The number of primary amides is 1. The van der Waals surface area contributed by atoms with Crippen molar-refractivity contribution >= 4 is 34.4 Å². The highest BCUT2D eigenvalue weighted by Gasteiger charge is 2.20. The number of aryl methyl sites for hydroxylation is 1. The molecule has 140 valence electrons. The van der Waals surface area contributed by atoms with Crippen LogP contribution in [0.4, 0.5) is 10.6 Å². The van der Waals surface area contributed by atoms with Crippen molar-refractivity contribution in [2.24, 2.45) is 5.73 Å². The Balaban J connectivity index is 2.21. The minimum Gasteiger partial charge on any atom is -0.354 e. The number of nitrogens with two attached hydrogens (primary N) is 1. The quantitative estimate of drug-likeness (QED) is 0.612. The minimum absolute atomic E-state index is 0.0852. The van der Waals surface area contributed by atoms with Gasteiger partial charge in [0.25, 0.3) is 0 Å². The van der Waals surface area contributed by atoms with Crippen molar-refractivity contribution < 1.29 is 4.79 Å². The van der Waals surface area contributed by atoms with Crippen molar-refractivity contribution in [3.05, 3.63) is 56.8 Å². The zero-order valence-corrected chi connectivity index (χ0v) is 16.4. The summed E-state index contributed by atoms with van der Waals surface area (Å²) in [7, 11) is 0. The Morgan fingerprint density at radius 3 is 2.59 bits per heavy atom. The summed E-state index contributed by atoms with van der Waals surface area (Å²) in [6, 6.07) is 6.29. The maximum Gasteiger partial charge on any atom is 0.317 e. The van der Waals surface area contributed by atoms with Crippen molar-refractivity contribution in [1.29, 1.82) is 0 Å². The number of aromatic amines is 1. The minimum atomic E-state index is -0.779. The monoisotopic (exact) mass is 384 g/mol. The molecule has 0 fully saturated rings. The van der Waals surface area contributed by atoms with Crippen LogP contribution in [-0.2, 0) is 5.41 Å². The molecule has 0 saturated carbocycles. The SMILES string of the molecule is Cc1cc(C(C)(C)C)c(Cl)cc1-c1cc(=O)c2c(NC(N)=O)nccc2[nH]1. The molecule has 0 aliphatic heterocycles. The van der Waals surface area contributed by atoms with Gasteiger partial charge in [-0.3, -0.25) is 10.1 Å². The number of H-pyrrole nitrogens is 1. The molecule has 6 nitrogen and oxygen atoms in total. The molecule has 3 aromatic rings. The Hall–Kier alpha value is -2.86. The number of benzene rings is 1. The van der Waals surface area contributed by atoms with Crippen LogP contribution >= 0.6 is 11.6 Å². The lowest BCUT2D eigenvalue weighted by atomic mass is 9.85. The van der Waals surface area contributed by atoms with Gasteiger partial charge in [-0.2, -0.15) is 0 Å². The first-order valence-electron chi connectivity index (χ1n) is 8.47. The average Bonchev–Trinajstić information content (AvgIpc) is 2.54. The number of fused-ring (bicyclic) bond motifs is 1. The van der Waals surface area contributed by atoms with E-state index in [4.69, 9.17) is 17.3 Å². The average molecular weight is 385 g/mol. The van der Waals surface area contributed by atoms with Crippen molar-refractivity contribution in [3.63, 3.8) is 0 Å². The van der Waals surface area contributed by atoms with Gasteiger partial charge < -0.3 is 10.7 Å². The van der Waals surface area contributed by atoms with Crippen LogP contribution < -0.4 is 16.5 Å². The van der Waals surface area contributed by atoms with Crippen molar-refractivity contribution in [3.8, 4) is 11.3 Å². The Kier molecular flexibility index (Phi) is 4.70. The molecule has 0 unspecified atom stereocenters. The Labute approximate surface area is 161 Å². The van der Waals surface area contributed by atoms with E-state index < -0.39 is 6.03 Å². The van der Waals surface area contributed by atoms with Gasteiger partial charge in [-0.15, -0.1) is 0 Å². The molecule has 0 aliphatic carbocycles. The molecule has 0 radical (unpaired) electrons. The topological polar surface area (TPSA) is 101 Å². The maximum absolute atomic E-state index is 12.7. The molecular weight excluding hydrogens is 364 g/mol. The largest absolute Gasteiger partial charge is 0.354 e. The highest BCUT2D eigenvalue weighted by Crippen LogP contribution is 2.35. The van der Waals surface area contributed by atoms with E-state index in [9.17, 15) is 9.59 Å². The predicted octanol–water partition coefficient (Wildman–Crippen LogP) is 4.34. The molecule has 0 atom stereocenters. The van der Waals surface area contributed by atoms with Crippen LogP contribution in [0.15, 0.2) is 35.3 Å². The molecule has 27 heavy (non-hydrogen) atoms. The van der Waals surface area contributed by atoms with Gasteiger partial charge in [0, 0.05) is 22.8 Å². The van der Waals surface area contributed by atoms with Crippen LogP contribution in [0.25, 0.3) is 22.2 Å². The number of urea groups is 1.